The Morgan fingerprint density at radius 2 is 1.74 bits per heavy atom. The molecule has 0 saturated heterocycles. The van der Waals surface area contributed by atoms with Gasteiger partial charge in [-0.15, -0.1) is 10.2 Å². The van der Waals surface area contributed by atoms with Crippen molar-refractivity contribution in [2.45, 2.75) is 10.9 Å². The lowest BCUT2D eigenvalue weighted by Gasteiger charge is -2.12. The summed E-state index contributed by atoms with van der Waals surface area (Å²) < 4.78 is 34.7. The molecule has 0 N–H and O–H groups in total. The first-order valence-electron chi connectivity index (χ1n) is 9.09. The smallest absolute Gasteiger partial charge is 0.196 e. The first-order chi connectivity index (χ1) is 15.0. The van der Waals surface area contributed by atoms with Crippen molar-refractivity contribution in [3.05, 3.63) is 87.9 Å². The van der Waals surface area contributed by atoms with Gasteiger partial charge in [0.15, 0.2) is 22.6 Å². The van der Waals surface area contributed by atoms with E-state index in [4.69, 9.17) is 27.9 Å². The number of aromatic nitrogens is 3. The monoisotopic (exact) mass is 477 g/mol. The lowest BCUT2D eigenvalue weighted by Crippen LogP contribution is -2.00. The highest BCUT2D eigenvalue weighted by Crippen LogP contribution is 2.33. The van der Waals surface area contributed by atoms with E-state index in [1.54, 1.807) is 29.9 Å². The molecule has 4 aromatic rings. The van der Waals surface area contributed by atoms with Crippen molar-refractivity contribution in [1.82, 2.24) is 14.8 Å². The average molecular weight is 478 g/mol. The summed E-state index contributed by atoms with van der Waals surface area (Å²) >= 11 is 13.5. The Bertz CT molecular complexity index is 1230. The Hall–Kier alpha value is -2.61. The summed E-state index contributed by atoms with van der Waals surface area (Å²) in [5, 5.41) is 9.90. The summed E-state index contributed by atoms with van der Waals surface area (Å²) in [4.78, 5) is 0. The maximum Gasteiger partial charge on any atom is 0.196 e. The van der Waals surface area contributed by atoms with E-state index in [0.717, 1.165) is 11.6 Å². The molecular weight excluding hydrogens is 463 g/mol. The molecule has 0 aliphatic rings. The number of ether oxygens (including phenoxy) is 1. The van der Waals surface area contributed by atoms with Crippen LogP contribution in [0.5, 0.6) is 5.75 Å². The third kappa shape index (κ3) is 4.54. The molecule has 0 spiro atoms. The van der Waals surface area contributed by atoms with Gasteiger partial charge in [-0.05, 0) is 48.5 Å². The van der Waals surface area contributed by atoms with E-state index in [9.17, 15) is 8.78 Å². The maximum absolute atomic E-state index is 14.1. The van der Waals surface area contributed by atoms with E-state index in [2.05, 4.69) is 10.2 Å². The fourth-order valence-corrected chi connectivity index (χ4v) is 4.17. The highest BCUT2D eigenvalue weighted by molar-refractivity contribution is 7.98. The van der Waals surface area contributed by atoms with E-state index in [1.807, 2.05) is 24.3 Å². The van der Waals surface area contributed by atoms with Crippen molar-refractivity contribution in [3.63, 3.8) is 0 Å². The number of methoxy groups -OCH3 is 1. The van der Waals surface area contributed by atoms with Gasteiger partial charge in [0.2, 0.25) is 0 Å². The number of rotatable bonds is 6. The van der Waals surface area contributed by atoms with Crippen LogP contribution in [0.15, 0.2) is 65.8 Å². The SMILES string of the molecule is COc1ccc(-c2nnc(SCc3cccc(F)c3F)n2-c2ccc(Cl)c(Cl)c2)cc1. The third-order valence-electron chi connectivity index (χ3n) is 4.53. The van der Waals surface area contributed by atoms with Crippen LogP contribution in [0, 0.1) is 11.6 Å². The van der Waals surface area contributed by atoms with Crippen LogP contribution in [0.4, 0.5) is 8.78 Å². The van der Waals surface area contributed by atoms with E-state index in [0.29, 0.717) is 32.5 Å². The predicted octanol–water partition coefficient (Wildman–Crippen LogP) is 6.82. The van der Waals surface area contributed by atoms with Gasteiger partial charge < -0.3 is 4.74 Å². The summed E-state index contributed by atoms with van der Waals surface area (Å²) in [6.07, 6.45) is 0. The van der Waals surface area contributed by atoms with Gasteiger partial charge in [0, 0.05) is 16.9 Å². The van der Waals surface area contributed by atoms with Gasteiger partial charge in [0.05, 0.1) is 22.8 Å². The van der Waals surface area contributed by atoms with E-state index in [1.165, 1.54) is 23.9 Å². The molecule has 0 radical (unpaired) electrons. The van der Waals surface area contributed by atoms with Crippen LogP contribution in [0.3, 0.4) is 0 Å². The summed E-state index contributed by atoms with van der Waals surface area (Å²) in [6.45, 7) is 0. The first-order valence-corrected chi connectivity index (χ1v) is 10.8. The molecule has 9 heteroatoms. The molecule has 31 heavy (non-hydrogen) atoms. The van der Waals surface area contributed by atoms with E-state index in [-0.39, 0.29) is 11.3 Å². The topological polar surface area (TPSA) is 39.9 Å². The second kappa shape index (κ2) is 9.26. The lowest BCUT2D eigenvalue weighted by atomic mass is 10.2. The van der Waals surface area contributed by atoms with Crippen molar-refractivity contribution in [1.29, 1.82) is 0 Å². The average Bonchev–Trinajstić information content (AvgIpc) is 3.20. The zero-order valence-corrected chi connectivity index (χ0v) is 18.5. The molecule has 0 fully saturated rings. The van der Waals surface area contributed by atoms with Gasteiger partial charge in [0.1, 0.15) is 5.75 Å². The van der Waals surface area contributed by atoms with Crippen molar-refractivity contribution in [2.75, 3.05) is 7.11 Å². The van der Waals surface area contributed by atoms with Crippen molar-refractivity contribution >= 4 is 35.0 Å². The van der Waals surface area contributed by atoms with Gasteiger partial charge in [-0.2, -0.15) is 0 Å². The highest BCUT2D eigenvalue weighted by atomic mass is 35.5. The van der Waals surface area contributed by atoms with Gasteiger partial charge in [-0.3, -0.25) is 4.57 Å². The minimum atomic E-state index is -0.886. The minimum Gasteiger partial charge on any atom is -0.497 e. The fourth-order valence-electron chi connectivity index (χ4n) is 2.95. The number of nitrogens with zero attached hydrogens (tertiary/aromatic N) is 3. The molecule has 4 rings (SSSR count). The molecule has 0 atom stereocenters. The molecule has 0 bridgehead atoms. The third-order valence-corrected chi connectivity index (χ3v) is 6.25. The fraction of sp³-hybridized carbons (Fsp3) is 0.0909. The van der Waals surface area contributed by atoms with Crippen molar-refractivity contribution < 1.29 is 13.5 Å². The summed E-state index contributed by atoms with van der Waals surface area (Å²) in [5.41, 5.74) is 1.72. The zero-order valence-electron chi connectivity index (χ0n) is 16.2. The van der Waals surface area contributed by atoms with Crippen LogP contribution in [0.1, 0.15) is 5.56 Å². The molecular formula is C22H15Cl2F2N3OS. The van der Waals surface area contributed by atoms with E-state index < -0.39 is 11.6 Å². The number of hydrogen-bond acceptors (Lipinski definition) is 4. The van der Waals surface area contributed by atoms with Gasteiger partial charge in [0.25, 0.3) is 0 Å². The molecule has 0 aliphatic carbocycles. The quantitative estimate of drug-likeness (QED) is 0.285. The number of hydrogen-bond donors (Lipinski definition) is 0. The van der Waals surface area contributed by atoms with Crippen LogP contribution >= 0.6 is 35.0 Å². The maximum atomic E-state index is 14.1. The molecule has 0 aliphatic heterocycles. The minimum absolute atomic E-state index is 0.172. The van der Waals surface area contributed by atoms with E-state index >= 15 is 0 Å². The largest absolute Gasteiger partial charge is 0.497 e. The Labute approximate surface area is 191 Å². The van der Waals surface area contributed by atoms with Crippen LogP contribution in [-0.2, 0) is 5.75 Å². The standard InChI is InChI=1S/C22H15Cl2F2N3OS/c1-30-16-8-5-13(6-9-16)21-27-28-22(29(21)15-7-10-17(23)18(24)11-15)31-12-14-3-2-4-19(25)20(14)26/h2-11H,12H2,1H3. The second-order valence-electron chi connectivity index (χ2n) is 6.47. The molecule has 0 saturated carbocycles. The zero-order chi connectivity index (χ0) is 22.0. The van der Waals surface area contributed by atoms with Gasteiger partial charge in [-0.1, -0.05) is 47.1 Å². The first kappa shape index (κ1) is 21.6. The highest BCUT2D eigenvalue weighted by Gasteiger charge is 2.18. The Morgan fingerprint density at radius 3 is 2.45 bits per heavy atom. The predicted molar refractivity (Wildman–Crippen MR) is 119 cm³/mol. The van der Waals surface area contributed by atoms with Crippen molar-refractivity contribution in [2.24, 2.45) is 0 Å². The van der Waals surface area contributed by atoms with Gasteiger partial charge in [-0.25, -0.2) is 8.78 Å². The second-order valence-corrected chi connectivity index (χ2v) is 8.23. The van der Waals surface area contributed by atoms with Crippen LogP contribution in [0.25, 0.3) is 17.1 Å². The number of benzene rings is 3. The molecule has 0 unspecified atom stereocenters. The molecule has 158 valence electrons. The Balaban J connectivity index is 1.76. The Kier molecular flexibility index (Phi) is 6.46. The molecule has 0 amide bonds. The number of halogens is 4. The van der Waals surface area contributed by atoms with Crippen molar-refractivity contribution in [3.8, 4) is 22.8 Å². The summed E-state index contributed by atoms with van der Waals surface area (Å²) in [5.74, 6) is -0.316. The molecule has 4 nitrogen and oxygen atoms in total. The van der Waals surface area contributed by atoms with Gasteiger partial charge >= 0.3 is 0 Å². The molecule has 1 aromatic heterocycles. The Morgan fingerprint density at radius 1 is 0.968 bits per heavy atom. The summed E-state index contributed by atoms with van der Waals surface area (Å²) in [6, 6.07) is 16.6. The summed E-state index contributed by atoms with van der Waals surface area (Å²) in [7, 11) is 1.59. The molecule has 1 heterocycles. The normalized spacial score (nSPS) is 11.0. The van der Waals surface area contributed by atoms with Crippen LogP contribution in [0.2, 0.25) is 10.0 Å². The lowest BCUT2D eigenvalue weighted by molar-refractivity contribution is 0.415. The number of thioether (sulfide) groups is 1. The molecule has 3 aromatic carbocycles. The van der Waals surface area contributed by atoms with Crippen LogP contribution < -0.4 is 4.74 Å². The van der Waals surface area contributed by atoms with Crippen LogP contribution in [-0.4, -0.2) is 21.9 Å².